The number of allylic oxidation sites excluding steroid dienone is 2. The van der Waals surface area contributed by atoms with E-state index in [9.17, 15) is 0 Å². The minimum atomic E-state index is 0.451. The lowest BCUT2D eigenvalue weighted by molar-refractivity contribution is 0.254. The summed E-state index contributed by atoms with van der Waals surface area (Å²) < 4.78 is 1.29. The maximum Gasteiger partial charge on any atom is 0.0704 e. The highest BCUT2D eigenvalue weighted by Gasteiger charge is 2.42. The lowest BCUT2D eigenvalue weighted by Gasteiger charge is -2.44. The molecular weight excluding hydrogens is 256 g/mol. The number of thiophene rings is 1. The fourth-order valence-electron chi connectivity index (χ4n) is 2.89. The maximum absolute atomic E-state index is 3.60. The summed E-state index contributed by atoms with van der Waals surface area (Å²) in [7, 11) is 0. The lowest BCUT2D eigenvalue weighted by Crippen LogP contribution is -2.31. The van der Waals surface area contributed by atoms with Crippen molar-refractivity contribution in [1.82, 2.24) is 0 Å². The summed E-state index contributed by atoms with van der Waals surface area (Å²) in [6.07, 6.45) is 6.13. The zero-order chi connectivity index (χ0) is 9.92. The summed E-state index contributed by atoms with van der Waals surface area (Å²) in [6.45, 7) is 4.78. The number of halogens is 1. The van der Waals surface area contributed by atoms with Crippen LogP contribution in [0.2, 0.25) is 0 Å². The molecule has 3 aliphatic rings. The van der Waals surface area contributed by atoms with Crippen LogP contribution in [0, 0.1) is 5.41 Å². The van der Waals surface area contributed by atoms with Crippen LogP contribution in [0.1, 0.15) is 42.5 Å². The summed E-state index contributed by atoms with van der Waals surface area (Å²) in [6, 6.07) is 2.32. The van der Waals surface area contributed by atoms with Crippen LogP contribution in [0.4, 0.5) is 0 Å². The van der Waals surface area contributed by atoms with Gasteiger partial charge in [0.1, 0.15) is 0 Å². The van der Waals surface area contributed by atoms with Gasteiger partial charge >= 0.3 is 0 Å². The smallest absolute Gasteiger partial charge is 0.0704 e. The van der Waals surface area contributed by atoms with Crippen molar-refractivity contribution in [2.75, 3.05) is 0 Å². The minimum Gasteiger partial charge on any atom is -0.132 e. The van der Waals surface area contributed by atoms with Crippen LogP contribution in [-0.2, 0) is 0 Å². The van der Waals surface area contributed by atoms with Gasteiger partial charge in [-0.2, -0.15) is 0 Å². The van der Waals surface area contributed by atoms with Gasteiger partial charge in [-0.05, 0) is 39.4 Å². The number of rotatable bonds is 0. The molecule has 2 atom stereocenters. The van der Waals surface area contributed by atoms with Crippen molar-refractivity contribution in [2.24, 2.45) is 5.41 Å². The molecule has 0 saturated heterocycles. The lowest BCUT2D eigenvalue weighted by atomic mass is 9.61. The summed E-state index contributed by atoms with van der Waals surface area (Å²) in [4.78, 5) is 1.60. The van der Waals surface area contributed by atoms with Gasteiger partial charge in [-0.3, -0.25) is 0 Å². The molecule has 0 aromatic carbocycles. The molecule has 0 spiro atoms. The van der Waals surface area contributed by atoms with Gasteiger partial charge in [0.2, 0.25) is 0 Å². The zero-order valence-electron chi connectivity index (χ0n) is 8.38. The quantitative estimate of drug-likeness (QED) is 0.600. The first-order valence-electron chi connectivity index (χ1n) is 5.05. The average molecular weight is 269 g/mol. The number of fused-ring (bicyclic) bond motifs is 1. The van der Waals surface area contributed by atoms with E-state index >= 15 is 0 Å². The molecule has 1 heterocycles. The Kier molecular flexibility index (Phi) is 1.79. The molecule has 0 N–H and O–H groups in total. The average Bonchev–Trinajstić information content (AvgIpc) is 2.45. The summed E-state index contributed by atoms with van der Waals surface area (Å²) in [5.41, 5.74) is 2.03. The van der Waals surface area contributed by atoms with Gasteiger partial charge in [-0.25, -0.2) is 0 Å². The van der Waals surface area contributed by atoms with E-state index in [1.54, 1.807) is 10.4 Å². The van der Waals surface area contributed by atoms with Crippen molar-refractivity contribution >= 4 is 27.3 Å². The second-order valence-electron chi connectivity index (χ2n) is 5.03. The Labute approximate surface area is 97.2 Å². The molecule has 2 heteroatoms. The molecule has 2 unspecified atom stereocenters. The minimum absolute atomic E-state index is 0.451. The molecule has 2 bridgehead atoms. The van der Waals surface area contributed by atoms with E-state index in [1.807, 2.05) is 11.3 Å². The van der Waals surface area contributed by atoms with E-state index in [4.69, 9.17) is 0 Å². The van der Waals surface area contributed by atoms with Crippen LogP contribution in [0.25, 0.3) is 0 Å². The van der Waals surface area contributed by atoms with E-state index in [-0.39, 0.29) is 0 Å². The van der Waals surface area contributed by atoms with Gasteiger partial charge in [0, 0.05) is 16.7 Å². The summed E-state index contributed by atoms with van der Waals surface area (Å²) in [5, 5.41) is 0. The third-order valence-corrected chi connectivity index (χ3v) is 5.34. The molecule has 74 valence electrons. The highest BCUT2D eigenvalue weighted by atomic mass is 79.9. The van der Waals surface area contributed by atoms with Crippen LogP contribution in [0.5, 0.6) is 0 Å². The SMILES string of the molecule is CC1(C)CC2C=CC1c1cc(Br)sc12. The molecular formula is C12H13BrS. The Balaban J connectivity index is 2.21. The van der Waals surface area contributed by atoms with E-state index in [0.29, 0.717) is 17.3 Å². The first-order valence-corrected chi connectivity index (χ1v) is 6.66. The highest BCUT2D eigenvalue weighted by molar-refractivity contribution is 9.11. The van der Waals surface area contributed by atoms with Gasteiger partial charge in [0.15, 0.2) is 0 Å². The third kappa shape index (κ3) is 1.10. The molecule has 4 rings (SSSR count). The zero-order valence-corrected chi connectivity index (χ0v) is 10.8. The highest BCUT2D eigenvalue weighted by Crippen LogP contribution is 2.57. The van der Waals surface area contributed by atoms with Gasteiger partial charge in [-0.1, -0.05) is 26.0 Å². The molecule has 0 saturated carbocycles. The second-order valence-corrected chi connectivity index (χ2v) is 7.49. The normalized spacial score (nSPS) is 31.9. The molecule has 0 nitrogen and oxygen atoms in total. The van der Waals surface area contributed by atoms with Crippen LogP contribution >= 0.6 is 27.3 Å². The third-order valence-electron chi connectivity index (χ3n) is 3.56. The van der Waals surface area contributed by atoms with E-state index in [1.165, 1.54) is 10.2 Å². The Morgan fingerprint density at radius 2 is 2.21 bits per heavy atom. The van der Waals surface area contributed by atoms with E-state index < -0.39 is 0 Å². The Morgan fingerprint density at radius 1 is 1.43 bits per heavy atom. The fraction of sp³-hybridized carbons (Fsp3) is 0.500. The molecule has 0 radical (unpaired) electrons. The van der Waals surface area contributed by atoms with Gasteiger partial charge in [-0.15, -0.1) is 11.3 Å². The van der Waals surface area contributed by atoms with Crippen molar-refractivity contribution in [3.63, 3.8) is 0 Å². The van der Waals surface area contributed by atoms with Crippen molar-refractivity contribution in [3.05, 3.63) is 32.4 Å². The number of hydrogen-bond acceptors (Lipinski definition) is 1. The second kappa shape index (κ2) is 2.73. The fourth-order valence-corrected chi connectivity index (χ4v) is 4.67. The largest absolute Gasteiger partial charge is 0.132 e. The molecule has 14 heavy (non-hydrogen) atoms. The predicted molar refractivity (Wildman–Crippen MR) is 65.0 cm³/mol. The van der Waals surface area contributed by atoms with Crippen molar-refractivity contribution in [1.29, 1.82) is 0 Å². The van der Waals surface area contributed by atoms with Gasteiger partial charge in [0.05, 0.1) is 3.79 Å². The Morgan fingerprint density at radius 3 is 2.93 bits per heavy atom. The number of hydrogen-bond donors (Lipinski definition) is 0. The first kappa shape index (κ1) is 9.17. The topological polar surface area (TPSA) is 0 Å². The van der Waals surface area contributed by atoms with E-state index in [0.717, 1.165) is 0 Å². The van der Waals surface area contributed by atoms with Crippen molar-refractivity contribution < 1.29 is 0 Å². The summed E-state index contributed by atoms with van der Waals surface area (Å²) >= 11 is 5.52. The molecule has 0 aliphatic heterocycles. The molecule has 0 fully saturated rings. The Hall–Kier alpha value is -0.0800. The van der Waals surface area contributed by atoms with E-state index in [2.05, 4.69) is 48.0 Å². The Bertz CT molecular complexity index is 414. The van der Waals surface area contributed by atoms with Crippen molar-refractivity contribution in [2.45, 2.75) is 32.1 Å². The molecule has 1 aromatic heterocycles. The standard InChI is InChI=1S/C12H13BrS/c1-12(2)6-7-3-4-9(12)8-5-10(13)14-11(7)8/h3-5,7,9H,6H2,1-2H3. The van der Waals surface area contributed by atoms with Crippen LogP contribution in [-0.4, -0.2) is 0 Å². The van der Waals surface area contributed by atoms with Gasteiger partial charge < -0.3 is 0 Å². The van der Waals surface area contributed by atoms with Crippen LogP contribution in [0.15, 0.2) is 22.0 Å². The van der Waals surface area contributed by atoms with Crippen molar-refractivity contribution in [3.8, 4) is 0 Å². The first-order chi connectivity index (χ1) is 6.58. The molecule has 0 amide bonds. The summed E-state index contributed by atoms with van der Waals surface area (Å²) in [5.74, 6) is 1.33. The van der Waals surface area contributed by atoms with Gasteiger partial charge in [0.25, 0.3) is 0 Å². The predicted octanol–water partition coefficient (Wildman–Crippen LogP) is 4.68. The maximum atomic E-state index is 3.60. The molecule has 3 aliphatic carbocycles. The van der Waals surface area contributed by atoms with Crippen LogP contribution < -0.4 is 0 Å². The molecule has 1 aromatic rings. The monoisotopic (exact) mass is 268 g/mol. The van der Waals surface area contributed by atoms with Crippen LogP contribution in [0.3, 0.4) is 0 Å².